The molecule has 21 heavy (non-hydrogen) atoms. The molecule has 1 N–H and O–H groups in total. The van der Waals surface area contributed by atoms with Crippen LogP contribution in [-0.4, -0.2) is 6.61 Å². The summed E-state index contributed by atoms with van der Waals surface area (Å²) < 4.78 is 10.9. The Morgan fingerprint density at radius 2 is 2.10 bits per heavy atom. The van der Waals surface area contributed by atoms with Crippen molar-refractivity contribution < 1.29 is 9.15 Å². The summed E-state index contributed by atoms with van der Waals surface area (Å²) in [6, 6.07) is 15.0. The third-order valence-electron chi connectivity index (χ3n) is 2.77. The molecule has 2 aromatic rings. The molecule has 0 bridgehead atoms. The molecule has 0 aliphatic rings. The lowest BCUT2D eigenvalue weighted by Crippen LogP contribution is -2.00. The van der Waals surface area contributed by atoms with Crippen molar-refractivity contribution in [2.45, 2.75) is 19.4 Å². The van der Waals surface area contributed by atoms with Crippen LogP contribution in [0.3, 0.4) is 0 Å². The second-order valence-electron chi connectivity index (χ2n) is 4.37. The third-order valence-corrected chi connectivity index (χ3v) is 2.77. The second kappa shape index (κ2) is 7.62. The van der Waals surface area contributed by atoms with Crippen LogP contribution >= 0.6 is 0 Å². The maximum absolute atomic E-state index is 8.69. The maximum Gasteiger partial charge on any atom is 0.203 e. The zero-order valence-electron chi connectivity index (χ0n) is 11.5. The lowest BCUT2D eigenvalue weighted by atomic mass is 10.3. The van der Waals surface area contributed by atoms with Crippen LogP contribution < -0.4 is 10.1 Å². The van der Waals surface area contributed by atoms with Gasteiger partial charge in [0.2, 0.25) is 5.76 Å². The van der Waals surface area contributed by atoms with Gasteiger partial charge in [0.15, 0.2) is 0 Å². The van der Waals surface area contributed by atoms with Crippen molar-refractivity contribution in [2.24, 2.45) is 0 Å². The molecule has 0 radical (unpaired) electrons. The number of nitrogens with zero attached hydrogens (tertiary/aromatic N) is 2. The summed E-state index contributed by atoms with van der Waals surface area (Å²) in [5.74, 6) is 1.77. The second-order valence-corrected chi connectivity index (χ2v) is 4.37. The average molecular weight is 281 g/mol. The smallest absolute Gasteiger partial charge is 0.203 e. The van der Waals surface area contributed by atoms with E-state index in [2.05, 4.69) is 11.4 Å². The lowest BCUT2D eigenvalue weighted by Gasteiger charge is -2.08. The normalized spacial score (nSPS) is 9.62. The highest BCUT2D eigenvalue weighted by molar-refractivity contribution is 5.48. The van der Waals surface area contributed by atoms with Gasteiger partial charge in [-0.15, -0.1) is 0 Å². The van der Waals surface area contributed by atoms with Gasteiger partial charge in [-0.2, -0.15) is 10.5 Å². The Morgan fingerprint density at radius 1 is 1.19 bits per heavy atom. The molecule has 0 atom stereocenters. The first-order valence-corrected chi connectivity index (χ1v) is 6.64. The molecule has 0 unspecified atom stereocenters. The van der Waals surface area contributed by atoms with Crippen LogP contribution in [-0.2, 0) is 6.54 Å². The fourth-order valence-electron chi connectivity index (χ4n) is 1.76. The molecule has 0 amide bonds. The van der Waals surface area contributed by atoms with Crippen molar-refractivity contribution in [1.82, 2.24) is 0 Å². The van der Waals surface area contributed by atoms with Crippen LogP contribution in [0.1, 0.15) is 24.4 Å². The Balaban J connectivity index is 1.86. The topological polar surface area (TPSA) is 82.0 Å². The highest BCUT2D eigenvalue weighted by Gasteiger charge is 2.02. The molecular weight excluding hydrogens is 266 g/mol. The molecule has 5 heteroatoms. The Hall–Kier alpha value is -2.92. The van der Waals surface area contributed by atoms with Crippen molar-refractivity contribution in [3.63, 3.8) is 0 Å². The number of ether oxygens (including phenoxy) is 1. The SMILES string of the molecule is N#CCCCOc1cccc(NCc2ccc(C#N)o2)c1. The summed E-state index contributed by atoms with van der Waals surface area (Å²) in [5.41, 5.74) is 0.905. The Morgan fingerprint density at radius 3 is 2.86 bits per heavy atom. The monoisotopic (exact) mass is 281 g/mol. The van der Waals surface area contributed by atoms with Gasteiger partial charge in [-0.25, -0.2) is 0 Å². The van der Waals surface area contributed by atoms with E-state index < -0.39 is 0 Å². The molecule has 0 fully saturated rings. The van der Waals surface area contributed by atoms with E-state index in [1.54, 1.807) is 12.1 Å². The van der Waals surface area contributed by atoms with Gasteiger partial charge in [0, 0.05) is 18.2 Å². The maximum atomic E-state index is 8.69. The summed E-state index contributed by atoms with van der Waals surface area (Å²) in [6.07, 6.45) is 1.22. The molecule has 0 aliphatic carbocycles. The Labute approximate surface area is 123 Å². The molecule has 0 saturated carbocycles. The highest BCUT2D eigenvalue weighted by Crippen LogP contribution is 2.18. The van der Waals surface area contributed by atoms with Gasteiger partial charge in [0.1, 0.15) is 17.6 Å². The summed E-state index contributed by atoms with van der Waals surface area (Å²) in [5, 5.41) is 20.4. The minimum Gasteiger partial charge on any atom is -0.493 e. The molecule has 0 saturated heterocycles. The summed E-state index contributed by atoms with van der Waals surface area (Å²) in [6.45, 7) is 1.03. The van der Waals surface area contributed by atoms with Crippen LogP contribution in [0.4, 0.5) is 5.69 Å². The lowest BCUT2D eigenvalue weighted by molar-refractivity contribution is 0.313. The van der Waals surface area contributed by atoms with E-state index in [-0.39, 0.29) is 0 Å². The third kappa shape index (κ3) is 4.59. The van der Waals surface area contributed by atoms with Crippen molar-refractivity contribution in [3.8, 4) is 17.9 Å². The van der Waals surface area contributed by atoms with Crippen molar-refractivity contribution in [3.05, 3.63) is 47.9 Å². The van der Waals surface area contributed by atoms with E-state index in [9.17, 15) is 0 Å². The Bertz CT molecular complexity index is 665. The van der Waals surface area contributed by atoms with Gasteiger partial charge in [0.05, 0.1) is 19.2 Å². The van der Waals surface area contributed by atoms with Crippen LogP contribution in [0, 0.1) is 22.7 Å². The fourth-order valence-corrected chi connectivity index (χ4v) is 1.76. The number of anilines is 1. The van der Waals surface area contributed by atoms with E-state index in [1.165, 1.54) is 0 Å². The standard InChI is InChI=1S/C16H15N3O2/c17-8-1-2-9-20-14-5-3-4-13(10-14)19-12-16-7-6-15(11-18)21-16/h3-7,10,19H,1-2,9,12H2. The van der Waals surface area contributed by atoms with Gasteiger partial charge >= 0.3 is 0 Å². The largest absolute Gasteiger partial charge is 0.493 e. The molecule has 0 spiro atoms. The predicted molar refractivity (Wildman–Crippen MR) is 77.5 cm³/mol. The predicted octanol–water partition coefficient (Wildman–Crippen LogP) is 3.45. The summed E-state index contributed by atoms with van der Waals surface area (Å²) in [4.78, 5) is 0. The number of nitriles is 2. The number of hydrogen-bond donors (Lipinski definition) is 1. The van der Waals surface area contributed by atoms with E-state index in [1.807, 2.05) is 30.3 Å². The average Bonchev–Trinajstić information content (AvgIpc) is 2.98. The van der Waals surface area contributed by atoms with Gasteiger partial charge in [0.25, 0.3) is 0 Å². The van der Waals surface area contributed by atoms with Crippen molar-refractivity contribution >= 4 is 5.69 Å². The summed E-state index contributed by atoms with van der Waals surface area (Å²) >= 11 is 0. The molecule has 1 heterocycles. The van der Waals surface area contributed by atoms with Crippen molar-refractivity contribution in [1.29, 1.82) is 10.5 Å². The van der Waals surface area contributed by atoms with Crippen LogP contribution in [0.2, 0.25) is 0 Å². The van der Waals surface area contributed by atoms with Crippen LogP contribution in [0.25, 0.3) is 0 Å². The Kier molecular flexibility index (Phi) is 5.25. The van der Waals surface area contributed by atoms with Gasteiger partial charge in [-0.3, -0.25) is 0 Å². The number of benzene rings is 1. The zero-order valence-corrected chi connectivity index (χ0v) is 11.5. The number of furan rings is 1. The van der Waals surface area contributed by atoms with Crippen molar-refractivity contribution in [2.75, 3.05) is 11.9 Å². The first-order chi connectivity index (χ1) is 10.3. The minimum atomic E-state index is 0.307. The number of rotatable bonds is 7. The molecule has 1 aromatic carbocycles. The summed E-state index contributed by atoms with van der Waals surface area (Å²) in [7, 11) is 0. The fraction of sp³-hybridized carbons (Fsp3) is 0.250. The molecular formula is C16H15N3O2. The highest BCUT2D eigenvalue weighted by atomic mass is 16.5. The van der Waals surface area contributed by atoms with E-state index in [0.29, 0.717) is 31.1 Å². The van der Waals surface area contributed by atoms with Gasteiger partial charge < -0.3 is 14.5 Å². The first kappa shape index (κ1) is 14.5. The minimum absolute atomic E-state index is 0.307. The first-order valence-electron chi connectivity index (χ1n) is 6.64. The van der Waals surface area contributed by atoms with Gasteiger partial charge in [-0.1, -0.05) is 6.07 Å². The van der Waals surface area contributed by atoms with Crippen LogP contribution in [0.5, 0.6) is 5.75 Å². The number of unbranched alkanes of at least 4 members (excludes halogenated alkanes) is 1. The number of hydrogen-bond acceptors (Lipinski definition) is 5. The van der Waals surface area contributed by atoms with E-state index in [4.69, 9.17) is 19.7 Å². The quantitative estimate of drug-likeness (QED) is 0.786. The molecule has 1 aromatic heterocycles. The number of nitrogens with one attached hydrogen (secondary N) is 1. The van der Waals surface area contributed by atoms with Crippen LogP contribution in [0.15, 0.2) is 40.8 Å². The van der Waals surface area contributed by atoms with E-state index in [0.717, 1.165) is 17.9 Å². The zero-order chi connectivity index (χ0) is 14.9. The molecule has 106 valence electrons. The van der Waals surface area contributed by atoms with Gasteiger partial charge in [-0.05, 0) is 30.7 Å². The molecule has 2 rings (SSSR count). The van der Waals surface area contributed by atoms with E-state index >= 15 is 0 Å². The molecule has 5 nitrogen and oxygen atoms in total. The molecule has 0 aliphatic heterocycles.